The van der Waals surface area contributed by atoms with Gasteiger partial charge in [0.15, 0.2) is 0 Å². The Kier molecular flexibility index (Phi) is 6.64. The molecular weight excluding hydrogens is 422 g/mol. The highest BCUT2D eigenvalue weighted by atomic mass is 16.2. The summed E-state index contributed by atoms with van der Waals surface area (Å²) in [5.41, 5.74) is 7.68. The Morgan fingerprint density at radius 2 is 1.53 bits per heavy atom. The van der Waals surface area contributed by atoms with E-state index < -0.39 is 0 Å². The summed E-state index contributed by atoms with van der Waals surface area (Å²) in [6.45, 7) is 11.3. The van der Waals surface area contributed by atoms with Gasteiger partial charge in [0.1, 0.15) is 5.70 Å². The van der Waals surface area contributed by atoms with Crippen LogP contribution < -0.4 is 4.90 Å². The van der Waals surface area contributed by atoms with Gasteiger partial charge in [0.25, 0.3) is 11.8 Å². The molecule has 2 amide bonds. The Bertz CT molecular complexity index is 1280. The lowest BCUT2D eigenvalue weighted by Gasteiger charge is -2.25. The molecule has 2 heterocycles. The summed E-state index contributed by atoms with van der Waals surface area (Å²) < 4.78 is 0. The predicted octanol–water partition coefficient (Wildman–Crippen LogP) is 5.16. The van der Waals surface area contributed by atoms with Crippen molar-refractivity contribution in [3.63, 3.8) is 0 Å². The van der Waals surface area contributed by atoms with Crippen molar-refractivity contribution >= 4 is 23.1 Å². The predicted molar refractivity (Wildman–Crippen MR) is 136 cm³/mol. The molecule has 1 aliphatic rings. The average molecular weight is 454 g/mol. The topological polar surface area (TPSA) is 53.5 Å². The number of pyridine rings is 1. The van der Waals surface area contributed by atoms with Gasteiger partial charge in [-0.1, -0.05) is 30.3 Å². The molecule has 2 aromatic carbocycles. The van der Waals surface area contributed by atoms with Crippen molar-refractivity contribution < 1.29 is 9.59 Å². The first-order valence-corrected chi connectivity index (χ1v) is 11.7. The summed E-state index contributed by atoms with van der Waals surface area (Å²) in [7, 11) is 0. The summed E-state index contributed by atoms with van der Waals surface area (Å²) in [5.74, 6) is -0.525. The van der Waals surface area contributed by atoms with Gasteiger partial charge in [0.2, 0.25) is 0 Å². The summed E-state index contributed by atoms with van der Waals surface area (Å²) in [5, 5.41) is 0. The normalized spacial score (nSPS) is 13.7. The molecule has 3 aromatic rings. The molecule has 1 aromatic heterocycles. The first-order valence-electron chi connectivity index (χ1n) is 11.7. The van der Waals surface area contributed by atoms with Crippen molar-refractivity contribution in [1.29, 1.82) is 0 Å². The molecule has 5 nitrogen and oxygen atoms in total. The Morgan fingerprint density at radius 3 is 2.21 bits per heavy atom. The lowest BCUT2D eigenvalue weighted by atomic mass is 9.99. The number of aryl methyl sites for hydroxylation is 4. The lowest BCUT2D eigenvalue weighted by Crippen LogP contribution is -2.36. The van der Waals surface area contributed by atoms with Crippen molar-refractivity contribution in [2.75, 3.05) is 18.0 Å². The summed E-state index contributed by atoms with van der Waals surface area (Å²) >= 11 is 0. The molecule has 0 bridgehead atoms. The number of carbonyl (C=O) groups excluding carboxylic acids is 2. The number of carbonyl (C=O) groups is 2. The molecule has 5 heteroatoms. The monoisotopic (exact) mass is 453 g/mol. The summed E-state index contributed by atoms with van der Waals surface area (Å²) in [6.07, 6.45) is 4.31. The largest absolute Gasteiger partial charge is 0.366 e. The Morgan fingerprint density at radius 1 is 0.824 bits per heavy atom. The lowest BCUT2D eigenvalue weighted by molar-refractivity contribution is -0.120. The van der Waals surface area contributed by atoms with Crippen LogP contribution in [-0.2, 0) is 16.0 Å². The molecule has 0 radical (unpaired) electrons. The zero-order chi connectivity index (χ0) is 24.4. The molecule has 0 aliphatic carbocycles. The first-order chi connectivity index (χ1) is 16.3. The van der Waals surface area contributed by atoms with Gasteiger partial charge in [-0.3, -0.25) is 14.6 Å². The van der Waals surface area contributed by atoms with Gasteiger partial charge < -0.3 is 4.90 Å². The van der Waals surface area contributed by atoms with E-state index in [1.807, 2.05) is 88.0 Å². The number of nitrogens with zero attached hydrogens (tertiary/aromatic N) is 3. The molecule has 0 spiro atoms. The van der Waals surface area contributed by atoms with E-state index in [0.717, 1.165) is 39.8 Å². The van der Waals surface area contributed by atoms with E-state index in [9.17, 15) is 9.59 Å². The standard InChI is InChI=1S/C29H31N3O2/c1-6-31(16-13-23-11-14-30-15-12-23)27-26(24-10-9-20(3)22(5)18-24)28(33)32(29(27)34)25-17-19(2)7-8-21(25)4/h7-12,14-15,17-18H,6,13,16H2,1-5H3. The molecule has 1 aliphatic heterocycles. The van der Waals surface area contributed by atoms with E-state index in [0.29, 0.717) is 30.0 Å². The number of rotatable bonds is 7. The van der Waals surface area contributed by atoms with Gasteiger partial charge in [-0.05, 0) is 92.6 Å². The Balaban J connectivity index is 1.82. The van der Waals surface area contributed by atoms with E-state index in [4.69, 9.17) is 0 Å². The molecule has 34 heavy (non-hydrogen) atoms. The van der Waals surface area contributed by atoms with Crippen LogP contribution in [-0.4, -0.2) is 34.8 Å². The molecule has 0 N–H and O–H groups in total. The van der Waals surface area contributed by atoms with Crippen molar-refractivity contribution in [3.05, 3.63) is 100 Å². The number of anilines is 1. The molecule has 4 rings (SSSR count). The fourth-order valence-electron chi connectivity index (χ4n) is 4.39. The average Bonchev–Trinajstić information content (AvgIpc) is 3.08. The van der Waals surface area contributed by atoms with Crippen LogP contribution in [0.15, 0.2) is 66.6 Å². The third-order valence-electron chi connectivity index (χ3n) is 6.58. The van der Waals surface area contributed by atoms with E-state index in [2.05, 4.69) is 4.98 Å². The highest BCUT2D eigenvalue weighted by Crippen LogP contribution is 2.37. The minimum absolute atomic E-state index is 0.261. The molecular formula is C29H31N3O2. The molecule has 0 atom stereocenters. The van der Waals surface area contributed by atoms with Crippen LogP contribution in [0.2, 0.25) is 0 Å². The van der Waals surface area contributed by atoms with Gasteiger partial charge in [0, 0.05) is 25.5 Å². The smallest absolute Gasteiger partial charge is 0.282 e. The number of amides is 2. The number of hydrogen-bond donors (Lipinski definition) is 0. The van der Waals surface area contributed by atoms with Crippen molar-refractivity contribution in [2.45, 2.75) is 41.0 Å². The molecule has 0 unspecified atom stereocenters. The second kappa shape index (κ2) is 9.64. The van der Waals surface area contributed by atoms with E-state index in [-0.39, 0.29) is 11.8 Å². The maximum atomic E-state index is 13.9. The highest BCUT2D eigenvalue weighted by Gasteiger charge is 2.42. The SMILES string of the molecule is CCN(CCc1ccncc1)C1=C(c2ccc(C)c(C)c2)C(=O)N(c2cc(C)ccc2C)C1=O. The minimum Gasteiger partial charge on any atom is -0.366 e. The van der Waals surface area contributed by atoms with Crippen LogP contribution in [0.1, 0.15) is 40.3 Å². The fraction of sp³-hybridized carbons (Fsp3) is 0.276. The zero-order valence-electron chi connectivity index (χ0n) is 20.6. The van der Waals surface area contributed by atoms with Crippen LogP contribution in [0.25, 0.3) is 5.57 Å². The molecule has 0 fully saturated rings. The van der Waals surface area contributed by atoms with E-state index in [1.165, 1.54) is 4.90 Å². The van der Waals surface area contributed by atoms with Crippen LogP contribution in [0.5, 0.6) is 0 Å². The first kappa shape index (κ1) is 23.4. The second-order valence-electron chi connectivity index (χ2n) is 8.94. The van der Waals surface area contributed by atoms with Crippen LogP contribution in [0.4, 0.5) is 5.69 Å². The van der Waals surface area contributed by atoms with Gasteiger partial charge >= 0.3 is 0 Å². The summed E-state index contributed by atoms with van der Waals surface area (Å²) in [4.78, 5) is 35.3. The Hall–Kier alpha value is -3.73. The zero-order valence-corrected chi connectivity index (χ0v) is 20.6. The quantitative estimate of drug-likeness (QED) is 0.464. The van der Waals surface area contributed by atoms with Gasteiger partial charge in [-0.15, -0.1) is 0 Å². The Labute approximate surface area is 201 Å². The minimum atomic E-state index is -0.265. The van der Waals surface area contributed by atoms with E-state index in [1.54, 1.807) is 12.4 Å². The molecule has 0 saturated carbocycles. The van der Waals surface area contributed by atoms with Crippen molar-refractivity contribution in [2.24, 2.45) is 0 Å². The third kappa shape index (κ3) is 4.38. The summed E-state index contributed by atoms with van der Waals surface area (Å²) in [6, 6.07) is 15.8. The van der Waals surface area contributed by atoms with Crippen molar-refractivity contribution in [3.8, 4) is 0 Å². The van der Waals surface area contributed by atoms with Gasteiger partial charge in [0.05, 0.1) is 11.3 Å². The van der Waals surface area contributed by atoms with Crippen molar-refractivity contribution in [1.82, 2.24) is 9.88 Å². The fourth-order valence-corrected chi connectivity index (χ4v) is 4.39. The number of aromatic nitrogens is 1. The molecule has 174 valence electrons. The number of benzene rings is 2. The second-order valence-corrected chi connectivity index (χ2v) is 8.94. The molecule has 0 saturated heterocycles. The highest BCUT2D eigenvalue weighted by molar-refractivity contribution is 6.45. The van der Waals surface area contributed by atoms with Crippen LogP contribution in [0.3, 0.4) is 0 Å². The van der Waals surface area contributed by atoms with Crippen LogP contribution in [0, 0.1) is 27.7 Å². The third-order valence-corrected chi connectivity index (χ3v) is 6.58. The number of likely N-dealkylation sites (N-methyl/N-ethyl adjacent to an activating group) is 1. The van der Waals surface area contributed by atoms with Crippen LogP contribution >= 0.6 is 0 Å². The van der Waals surface area contributed by atoms with Gasteiger partial charge in [-0.25, -0.2) is 4.90 Å². The van der Waals surface area contributed by atoms with Gasteiger partial charge in [-0.2, -0.15) is 0 Å². The maximum absolute atomic E-state index is 13.9. The number of hydrogen-bond acceptors (Lipinski definition) is 4. The maximum Gasteiger partial charge on any atom is 0.282 e. The van der Waals surface area contributed by atoms with E-state index >= 15 is 0 Å². The number of imide groups is 1.